The number of hydrazine groups is 1. The van der Waals surface area contributed by atoms with Crippen LogP contribution in [-0.2, 0) is 0 Å². The Morgan fingerprint density at radius 2 is 1.00 bits per heavy atom. The van der Waals surface area contributed by atoms with Crippen molar-refractivity contribution in [3.63, 3.8) is 0 Å². The molecule has 0 aliphatic rings. The Labute approximate surface area is 153 Å². The molecule has 2 heteroatoms. The third kappa shape index (κ3) is 19.7. The molecule has 0 unspecified atom stereocenters. The molecule has 0 rings (SSSR count). The highest BCUT2D eigenvalue weighted by Crippen LogP contribution is 2.11. The van der Waals surface area contributed by atoms with Gasteiger partial charge in [0.15, 0.2) is 0 Å². The lowest BCUT2D eigenvalue weighted by Crippen LogP contribution is -2.31. The molecule has 0 bridgehead atoms. The Morgan fingerprint density at radius 1 is 0.583 bits per heavy atom. The van der Waals surface area contributed by atoms with E-state index in [0.29, 0.717) is 0 Å². The van der Waals surface area contributed by atoms with Gasteiger partial charge >= 0.3 is 0 Å². The quantitative estimate of drug-likeness (QED) is 0.119. The number of allylic oxidation sites excluding steroid dienone is 2. The Bertz CT molecular complexity index is 250. The fourth-order valence-electron chi connectivity index (χ4n) is 3.07. The summed E-state index contributed by atoms with van der Waals surface area (Å²) in [5.74, 6) is 5.77. The third-order valence-corrected chi connectivity index (χ3v) is 4.86. The van der Waals surface area contributed by atoms with E-state index in [0.717, 1.165) is 13.1 Å². The van der Waals surface area contributed by atoms with Gasteiger partial charge in [-0.05, 0) is 32.1 Å². The first-order valence-corrected chi connectivity index (χ1v) is 11.0. The molecule has 0 aromatic carbocycles. The van der Waals surface area contributed by atoms with Gasteiger partial charge < -0.3 is 0 Å². The summed E-state index contributed by atoms with van der Waals surface area (Å²) < 4.78 is 0. The third-order valence-electron chi connectivity index (χ3n) is 4.86. The monoisotopic (exact) mass is 338 g/mol. The molecule has 2 N–H and O–H groups in total. The van der Waals surface area contributed by atoms with Gasteiger partial charge in [-0.3, -0.25) is 5.84 Å². The zero-order valence-electron chi connectivity index (χ0n) is 16.9. The maximum Gasteiger partial charge on any atom is 0.0128 e. The minimum absolute atomic E-state index is 0.966. The summed E-state index contributed by atoms with van der Waals surface area (Å²) in [6, 6.07) is 0. The predicted molar refractivity (Wildman–Crippen MR) is 110 cm³/mol. The number of nitrogens with two attached hydrogens (primary N) is 1. The van der Waals surface area contributed by atoms with Crippen molar-refractivity contribution < 1.29 is 0 Å². The van der Waals surface area contributed by atoms with Crippen molar-refractivity contribution in [2.24, 2.45) is 5.84 Å². The highest BCUT2D eigenvalue weighted by molar-refractivity contribution is 4.81. The second-order valence-electron chi connectivity index (χ2n) is 7.27. The summed E-state index contributed by atoms with van der Waals surface area (Å²) in [6.07, 6.45) is 26.9. The van der Waals surface area contributed by atoms with Crippen LogP contribution in [0.3, 0.4) is 0 Å². The molecule has 2 nitrogen and oxygen atoms in total. The smallest absolute Gasteiger partial charge is 0.0128 e. The standard InChI is InChI=1S/C22H46N2/c1-3-5-6-7-8-9-10-11-12-13-14-15-16-17-18-19-20-21-22-24(23)4-2/h11-12H,3-10,13-23H2,1-2H3/b12-11-. The first kappa shape index (κ1) is 23.7. The number of unbranched alkanes of at least 4 members (excludes halogenated alkanes) is 14. The van der Waals surface area contributed by atoms with E-state index in [-0.39, 0.29) is 0 Å². The van der Waals surface area contributed by atoms with Gasteiger partial charge in [0, 0.05) is 13.1 Å². The minimum atomic E-state index is 0.966. The summed E-state index contributed by atoms with van der Waals surface area (Å²) in [5.41, 5.74) is 0. The van der Waals surface area contributed by atoms with Gasteiger partial charge in [0.25, 0.3) is 0 Å². The molecule has 0 radical (unpaired) electrons. The van der Waals surface area contributed by atoms with Crippen molar-refractivity contribution in [1.29, 1.82) is 0 Å². The van der Waals surface area contributed by atoms with Crippen LogP contribution in [0.15, 0.2) is 12.2 Å². The molecule has 0 aromatic rings. The predicted octanol–water partition coefficient (Wildman–Crippen LogP) is 7.00. The minimum Gasteiger partial charge on any atom is -0.269 e. The van der Waals surface area contributed by atoms with E-state index in [1.165, 1.54) is 103 Å². The van der Waals surface area contributed by atoms with Crippen molar-refractivity contribution in [2.45, 2.75) is 117 Å². The van der Waals surface area contributed by atoms with Crippen molar-refractivity contribution in [3.8, 4) is 0 Å². The van der Waals surface area contributed by atoms with Gasteiger partial charge in [0.05, 0.1) is 0 Å². The average molecular weight is 339 g/mol. The van der Waals surface area contributed by atoms with E-state index < -0.39 is 0 Å². The lowest BCUT2D eigenvalue weighted by Gasteiger charge is -2.12. The molecular weight excluding hydrogens is 292 g/mol. The molecule has 0 atom stereocenters. The lowest BCUT2D eigenvalue weighted by molar-refractivity contribution is 0.290. The molecule has 24 heavy (non-hydrogen) atoms. The van der Waals surface area contributed by atoms with E-state index in [1.807, 2.05) is 5.01 Å². The SMILES string of the molecule is CCCCCCCC/C=C\CCCCCCCCCCN(N)CC. The topological polar surface area (TPSA) is 29.3 Å². The van der Waals surface area contributed by atoms with E-state index >= 15 is 0 Å². The van der Waals surface area contributed by atoms with Crippen LogP contribution in [0.5, 0.6) is 0 Å². The second kappa shape index (κ2) is 20.7. The molecule has 144 valence electrons. The maximum absolute atomic E-state index is 5.77. The van der Waals surface area contributed by atoms with Crippen LogP contribution < -0.4 is 5.84 Å². The van der Waals surface area contributed by atoms with E-state index in [1.54, 1.807) is 0 Å². The van der Waals surface area contributed by atoms with Crippen LogP contribution >= 0.6 is 0 Å². The van der Waals surface area contributed by atoms with Gasteiger partial charge in [-0.25, -0.2) is 5.01 Å². The molecule has 0 saturated heterocycles. The second-order valence-corrected chi connectivity index (χ2v) is 7.27. The zero-order valence-corrected chi connectivity index (χ0v) is 16.9. The molecule has 0 saturated carbocycles. The van der Waals surface area contributed by atoms with Gasteiger partial charge in [-0.1, -0.05) is 96.6 Å². The van der Waals surface area contributed by atoms with Crippen molar-refractivity contribution in [3.05, 3.63) is 12.2 Å². The summed E-state index contributed by atoms with van der Waals surface area (Å²) >= 11 is 0. The molecule has 0 aliphatic carbocycles. The summed E-state index contributed by atoms with van der Waals surface area (Å²) in [7, 11) is 0. The average Bonchev–Trinajstić information content (AvgIpc) is 2.60. The van der Waals surface area contributed by atoms with Crippen molar-refractivity contribution in [1.82, 2.24) is 5.01 Å². The molecule has 0 heterocycles. The van der Waals surface area contributed by atoms with E-state index in [2.05, 4.69) is 26.0 Å². The van der Waals surface area contributed by atoms with Crippen LogP contribution in [-0.4, -0.2) is 18.1 Å². The van der Waals surface area contributed by atoms with E-state index in [4.69, 9.17) is 5.84 Å². The summed E-state index contributed by atoms with van der Waals surface area (Å²) in [6.45, 7) is 6.42. The lowest BCUT2D eigenvalue weighted by atomic mass is 10.1. The Morgan fingerprint density at radius 3 is 1.46 bits per heavy atom. The summed E-state index contributed by atoms with van der Waals surface area (Å²) in [4.78, 5) is 0. The van der Waals surface area contributed by atoms with Crippen molar-refractivity contribution in [2.75, 3.05) is 13.1 Å². The zero-order chi connectivity index (χ0) is 17.7. The van der Waals surface area contributed by atoms with Gasteiger partial charge in [0.2, 0.25) is 0 Å². The maximum atomic E-state index is 5.77. The van der Waals surface area contributed by atoms with Crippen LogP contribution in [0.1, 0.15) is 117 Å². The highest BCUT2D eigenvalue weighted by Gasteiger charge is 1.95. The Balaban J connectivity index is 3.08. The largest absolute Gasteiger partial charge is 0.269 e. The fraction of sp³-hybridized carbons (Fsp3) is 0.909. The normalized spacial score (nSPS) is 11.8. The highest BCUT2D eigenvalue weighted by atomic mass is 15.4. The van der Waals surface area contributed by atoms with E-state index in [9.17, 15) is 0 Å². The van der Waals surface area contributed by atoms with Gasteiger partial charge in [-0.15, -0.1) is 0 Å². The molecule has 0 amide bonds. The van der Waals surface area contributed by atoms with Crippen LogP contribution in [0.2, 0.25) is 0 Å². The van der Waals surface area contributed by atoms with Gasteiger partial charge in [-0.2, -0.15) is 0 Å². The van der Waals surface area contributed by atoms with Crippen molar-refractivity contribution >= 4 is 0 Å². The van der Waals surface area contributed by atoms with Crippen LogP contribution in [0, 0.1) is 0 Å². The molecule has 0 spiro atoms. The fourth-order valence-corrected chi connectivity index (χ4v) is 3.07. The number of rotatable bonds is 19. The first-order valence-electron chi connectivity index (χ1n) is 11.0. The van der Waals surface area contributed by atoms with Crippen LogP contribution in [0.4, 0.5) is 0 Å². The molecule has 0 fully saturated rings. The number of nitrogens with zero attached hydrogens (tertiary/aromatic N) is 1. The number of hydrogen-bond donors (Lipinski definition) is 1. The number of hydrogen-bond acceptors (Lipinski definition) is 2. The Hall–Kier alpha value is -0.340. The van der Waals surface area contributed by atoms with Crippen LogP contribution in [0.25, 0.3) is 0 Å². The summed E-state index contributed by atoms with van der Waals surface area (Å²) in [5, 5.41) is 1.92. The van der Waals surface area contributed by atoms with Gasteiger partial charge in [0.1, 0.15) is 0 Å². The first-order chi connectivity index (χ1) is 11.8. The molecule has 0 aliphatic heterocycles. The Kier molecular flexibility index (Phi) is 20.4. The molecule has 0 aromatic heterocycles. The molecular formula is C22H46N2.